The van der Waals surface area contributed by atoms with Gasteiger partial charge in [-0.25, -0.2) is 0 Å². The fraction of sp³-hybridized carbons (Fsp3) is 0.625. The SMILES string of the molecule is CC=NC1=C(C)COCC1. The number of ether oxygens (including phenoxy) is 1. The van der Waals surface area contributed by atoms with E-state index in [1.54, 1.807) is 0 Å². The van der Waals surface area contributed by atoms with Crippen LogP contribution >= 0.6 is 0 Å². The molecule has 0 aromatic heterocycles. The van der Waals surface area contributed by atoms with Crippen molar-refractivity contribution in [1.82, 2.24) is 0 Å². The van der Waals surface area contributed by atoms with E-state index in [0.29, 0.717) is 0 Å². The van der Waals surface area contributed by atoms with E-state index in [-0.39, 0.29) is 0 Å². The molecule has 0 radical (unpaired) electrons. The first kappa shape index (κ1) is 7.48. The van der Waals surface area contributed by atoms with E-state index in [2.05, 4.69) is 11.9 Å². The molecule has 0 aliphatic carbocycles. The number of hydrogen-bond donors (Lipinski definition) is 0. The van der Waals surface area contributed by atoms with Crippen LogP contribution < -0.4 is 0 Å². The normalized spacial score (nSPS) is 20.6. The molecule has 0 unspecified atom stereocenters. The molecule has 0 saturated heterocycles. The lowest BCUT2D eigenvalue weighted by Gasteiger charge is -2.14. The Balaban J connectivity index is 2.68. The number of rotatable bonds is 1. The number of hydrogen-bond acceptors (Lipinski definition) is 2. The van der Waals surface area contributed by atoms with Crippen molar-refractivity contribution in [2.24, 2.45) is 4.99 Å². The maximum absolute atomic E-state index is 5.23. The van der Waals surface area contributed by atoms with E-state index in [9.17, 15) is 0 Å². The van der Waals surface area contributed by atoms with Crippen LogP contribution in [0.25, 0.3) is 0 Å². The molecular formula is C8H13NO. The van der Waals surface area contributed by atoms with Crippen LogP contribution in [0, 0.1) is 0 Å². The first-order valence-electron chi connectivity index (χ1n) is 3.59. The molecule has 1 heterocycles. The van der Waals surface area contributed by atoms with Crippen LogP contribution in [0.3, 0.4) is 0 Å². The van der Waals surface area contributed by atoms with Gasteiger partial charge in [-0.2, -0.15) is 0 Å². The molecule has 2 heteroatoms. The summed E-state index contributed by atoms with van der Waals surface area (Å²) in [6, 6.07) is 0. The summed E-state index contributed by atoms with van der Waals surface area (Å²) < 4.78 is 5.23. The Morgan fingerprint density at radius 2 is 2.40 bits per heavy atom. The van der Waals surface area contributed by atoms with Crippen LogP contribution in [-0.4, -0.2) is 19.4 Å². The van der Waals surface area contributed by atoms with Crippen LogP contribution in [0.4, 0.5) is 0 Å². The average molecular weight is 139 g/mol. The van der Waals surface area contributed by atoms with Gasteiger partial charge in [-0.15, -0.1) is 0 Å². The second kappa shape index (κ2) is 3.52. The van der Waals surface area contributed by atoms with E-state index in [4.69, 9.17) is 4.74 Å². The molecular weight excluding hydrogens is 126 g/mol. The Bertz CT molecular complexity index is 170. The highest BCUT2D eigenvalue weighted by Crippen LogP contribution is 2.15. The van der Waals surface area contributed by atoms with Crippen molar-refractivity contribution in [3.05, 3.63) is 11.3 Å². The van der Waals surface area contributed by atoms with Crippen molar-refractivity contribution in [2.75, 3.05) is 13.2 Å². The van der Waals surface area contributed by atoms with E-state index in [0.717, 1.165) is 19.6 Å². The van der Waals surface area contributed by atoms with Gasteiger partial charge < -0.3 is 4.74 Å². The van der Waals surface area contributed by atoms with Crippen LogP contribution in [0.5, 0.6) is 0 Å². The third-order valence-electron chi connectivity index (χ3n) is 1.58. The fourth-order valence-corrected chi connectivity index (χ4v) is 1.02. The monoisotopic (exact) mass is 139 g/mol. The highest BCUT2D eigenvalue weighted by molar-refractivity contribution is 5.55. The van der Waals surface area contributed by atoms with Crippen LogP contribution in [0.15, 0.2) is 16.3 Å². The van der Waals surface area contributed by atoms with Gasteiger partial charge in [0.1, 0.15) is 0 Å². The average Bonchev–Trinajstić information content (AvgIpc) is 1.94. The van der Waals surface area contributed by atoms with E-state index in [1.165, 1.54) is 11.3 Å². The van der Waals surface area contributed by atoms with E-state index in [1.807, 2.05) is 13.1 Å². The molecule has 1 aliphatic heterocycles. The van der Waals surface area contributed by atoms with Crippen molar-refractivity contribution in [3.63, 3.8) is 0 Å². The van der Waals surface area contributed by atoms with Crippen LogP contribution in [0.2, 0.25) is 0 Å². The molecule has 0 atom stereocenters. The summed E-state index contributed by atoms with van der Waals surface area (Å²) in [5.41, 5.74) is 2.47. The van der Waals surface area contributed by atoms with Crippen LogP contribution in [-0.2, 0) is 4.74 Å². The zero-order chi connectivity index (χ0) is 7.40. The molecule has 0 bridgehead atoms. The van der Waals surface area contributed by atoms with Gasteiger partial charge in [0, 0.05) is 18.3 Å². The maximum Gasteiger partial charge on any atom is 0.0694 e. The predicted molar refractivity (Wildman–Crippen MR) is 42.3 cm³/mol. The van der Waals surface area contributed by atoms with Gasteiger partial charge in [-0.05, 0) is 19.4 Å². The maximum atomic E-state index is 5.23. The summed E-state index contributed by atoms with van der Waals surface area (Å²) in [6.45, 7) is 5.59. The lowest BCUT2D eigenvalue weighted by molar-refractivity contribution is 0.146. The quantitative estimate of drug-likeness (QED) is 0.507. The first-order valence-corrected chi connectivity index (χ1v) is 3.59. The summed E-state index contributed by atoms with van der Waals surface area (Å²) in [4.78, 5) is 4.24. The summed E-state index contributed by atoms with van der Waals surface area (Å²) in [7, 11) is 0. The summed E-state index contributed by atoms with van der Waals surface area (Å²) in [6.07, 6.45) is 2.81. The van der Waals surface area contributed by atoms with Gasteiger partial charge in [0.25, 0.3) is 0 Å². The van der Waals surface area contributed by atoms with E-state index >= 15 is 0 Å². The molecule has 0 aromatic carbocycles. The van der Waals surface area contributed by atoms with Gasteiger partial charge in [0.15, 0.2) is 0 Å². The Kier molecular flexibility index (Phi) is 2.63. The van der Waals surface area contributed by atoms with Crippen molar-refractivity contribution >= 4 is 6.21 Å². The summed E-state index contributed by atoms with van der Waals surface area (Å²) in [5, 5.41) is 0. The molecule has 1 aliphatic rings. The highest BCUT2D eigenvalue weighted by Gasteiger charge is 2.06. The molecule has 56 valence electrons. The van der Waals surface area contributed by atoms with Crippen molar-refractivity contribution in [2.45, 2.75) is 20.3 Å². The fourth-order valence-electron chi connectivity index (χ4n) is 1.02. The predicted octanol–water partition coefficient (Wildman–Crippen LogP) is 1.77. The number of nitrogens with zero attached hydrogens (tertiary/aromatic N) is 1. The Hall–Kier alpha value is -0.630. The van der Waals surface area contributed by atoms with Gasteiger partial charge in [0.2, 0.25) is 0 Å². The van der Waals surface area contributed by atoms with Gasteiger partial charge >= 0.3 is 0 Å². The minimum absolute atomic E-state index is 0.757. The van der Waals surface area contributed by atoms with Gasteiger partial charge in [-0.1, -0.05) is 0 Å². The Morgan fingerprint density at radius 1 is 1.60 bits per heavy atom. The molecule has 2 nitrogen and oxygen atoms in total. The zero-order valence-electron chi connectivity index (χ0n) is 6.55. The summed E-state index contributed by atoms with van der Waals surface area (Å²) in [5.74, 6) is 0. The molecule has 0 spiro atoms. The lowest BCUT2D eigenvalue weighted by Crippen LogP contribution is -2.08. The third-order valence-corrected chi connectivity index (χ3v) is 1.58. The minimum atomic E-state index is 0.757. The lowest BCUT2D eigenvalue weighted by atomic mass is 10.1. The Morgan fingerprint density at radius 3 is 3.00 bits per heavy atom. The molecule has 0 N–H and O–H groups in total. The van der Waals surface area contributed by atoms with Crippen molar-refractivity contribution in [3.8, 4) is 0 Å². The molecule has 10 heavy (non-hydrogen) atoms. The van der Waals surface area contributed by atoms with Gasteiger partial charge in [0.05, 0.1) is 13.2 Å². The second-order valence-electron chi connectivity index (χ2n) is 2.42. The van der Waals surface area contributed by atoms with Gasteiger partial charge in [-0.3, -0.25) is 4.99 Å². The molecule has 0 amide bonds. The standard InChI is InChI=1S/C8H13NO/c1-3-9-8-4-5-10-6-7(8)2/h3H,4-6H2,1-2H3. The highest BCUT2D eigenvalue weighted by atomic mass is 16.5. The topological polar surface area (TPSA) is 21.6 Å². The molecule has 1 rings (SSSR count). The van der Waals surface area contributed by atoms with Crippen LogP contribution in [0.1, 0.15) is 20.3 Å². The number of aliphatic imine (C=N–C) groups is 1. The largest absolute Gasteiger partial charge is 0.377 e. The zero-order valence-corrected chi connectivity index (χ0v) is 6.55. The first-order chi connectivity index (χ1) is 4.84. The van der Waals surface area contributed by atoms with Crippen molar-refractivity contribution in [1.29, 1.82) is 0 Å². The minimum Gasteiger partial charge on any atom is -0.377 e. The Labute approximate surface area is 61.6 Å². The molecule has 0 aromatic rings. The smallest absolute Gasteiger partial charge is 0.0694 e. The second-order valence-corrected chi connectivity index (χ2v) is 2.42. The third kappa shape index (κ3) is 1.67. The van der Waals surface area contributed by atoms with E-state index < -0.39 is 0 Å². The molecule has 0 fully saturated rings. The van der Waals surface area contributed by atoms with Crippen molar-refractivity contribution < 1.29 is 4.74 Å². The molecule has 0 saturated carbocycles. The summed E-state index contributed by atoms with van der Waals surface area (Å²) >= 11 is 0.